The Labute approximate surface area is 85.0 Å². The molecule has 0 aromatic rings. The topological polar surface area (TPSA) is 27.7 Å². The van der Waals surface area contributed by atoms with Gasteiger partial charge in [0.2, 0.25) is 0 Å². The molecule has 0 amide bonds. The Hall–Kier alpha value is -0.380. The van der Waals surface area contributed by atoms with Crippen LogP contribution in [0.5, 0.6) is 0 Å². The summed E-state index contributed by atoms with van der Waals surface area (Å²) in [6.07, 6.45) is 8.02. The first-order valence-electron chi connectivity index (χ1n) is 5.31. The zero-order valence-electron chi connectivity index (χ0n) is 8.65. The van der Waals surface area contributed by atoms with Gasteiger partial charge in [-0.05, 0) is 19.3 Å². The Kier molecular flexibility index (Phi) is 3.56. The Morgan fingerprint density at radius 3 is 3.07 bits per heavy atom. The van der Waals surface area contributed by atoms with Gasteiger partial charge in [-0.15, -0.1) is 0 Å². The molecule has 3 heteroatoms. The minimum absolute atomic E-state index is 0.0000926. The quantitative estimate of drug-likeness (QED) is 0.646. The minimum atomic E-state index is 0.0000926. The van der Waals surface area contributed by atoms with Gasteiger partial charge < -0.3 is 14.2 Å². The maximum atomic E-state index is 5.76. The van der Waals surface area contributed by atoms with Gasteiger partial charge in [0, 0.05) is 13.0 Å². The fourth-order valence-corrected chi connectivity index (χ4v) is 2.06. The van der Waals surface area contributed by atoms with E-state index in [1.54, 1.807) is 7.11 Å². The second-order valence-corrected chi connectivity index (χ2v) is 3.96. The summed E-state index contributed by atoms with van der Waals surface area (Å²) in [5.74, 6) is 0.543. The smallest absolute Gasteiger partial charge is 0.161 e. The van der Waals surface area contributed by atoms with Gasteiger partial charge in [0.1, 0.15) is 6.10 Å². The Bertz CT molecular complexity index is 203. The number of hydrogen-bond donors (Lipinski definition) is 0. The number of methoxy groups -OCH3 is 1. The first-order valence-corrected chi connectivity index (χ1v) is 5.31. The maximum Gasteiger partial charge on any atom is 0.161 e. The summed E-state index contributed by atoms with van der Waals surface area (Å²) in [5.41, 5.74) is 0. The van der Waals surface area contributed by atoms with E-state index in [0.717, 1.165) is 12.8 Å². The molecule has 0 radical (unpaired) electrons. The molecule has 2 aliphatic rings. The fraction of sp³-hybridized carbons (Fsp3) is 0.818. The summed E-state index contributed by atoms with van der Waals surface area (Å²) < 4.78 is 16.4. The van der Waals surface area contributed by atoms with Crippen LogP contribution in [0.1, 0.15) is 19.3 Å². The molecule has 3 nitrogen and oxygen atoms in total. The second kappa shape index (κ2) is 4.91. The summed E-state index contributed by atoms with van der Waals surface area (Å²) in [7, 11) is 1.69. The lowest BCUT2D eigenvalue weighted by atomic mass is 9.94. The summed E-state index contributed by atoms with van der Waals surface area (Å²) in [6.45, 7) is 1.32. The van der Waals surface area contributed by atoms with E-state index in [4.69, 9.17) is 14.2 Å². The lowest BCUT2D eigenvalue weighted by Gasteiger charge is -2.23. The summed E-state index contributed by atoms with van der Waals surface area (Å²) in [4.78, 5) is 0. The van der Waals surface area contributed by atoms with Gasteiger partial charge >= 0.3 is 0 Å². The van der Waals surface area contributed by atoms with Crippen LogP contribution >= 0.6 is 0 Å². The molecule has 1 aliphatic heterocycles. The highest BCUT2D eigenvalue weighted by Gasteiger charge is 2.32. The van der Waals surface area contributed by atoms with Crippen molar-refractivity contribution in [3.05, 3.63) is 12.2 Å². The molecular weight excluding hydrogens is 180 g/mol. The van der Waals surface area contributed by atoms with Crippen LogP contribution in [0.25, 0.3) is 0 Å². The third-order valence-electron chi connectivity index (χ3n) is 2.82. The predicted molar refractivity (Wildman–Crippen MR) is 53.0 cm³/mol. The van der Waals surface area contributed by atoms with Gasteiger partial charge in [-0.3, -0.25) is 0 Å². The van der Waals surface area contributed by atoms with Crippen LogP contribution < -0.4 is 0 Å². The zero-order chi connectivity index (χ0) is 9.80. The molecule has 1 fully saturated rings. The summed E-state index contributed by atoms with van der Waals surface area (Å²) >= 11 is 0. The molecule has 80 valence electrons. The predicted octanol–water partition coefficient (Wildman–Crippen LogP) is 1.73. The Morgan fingerprint density at radius 2 is 2.36 bits per heavy atom. The van der Waals surface area contributed by atoms with Crippen molar-refractivity contribution in [2.45, 2.75) is 31.7 Å². The van der Waals surface area contributed by atoms with Crippen molar-refractivity contribution >= 4 is 0 Å². The van der Waals surface area contributed by atoms with E-state index >= 15 is 0 Å². The average Bonchev–Trinajstić information content (AvgIpc) is 2.68. The maximum absolute atomic E-state index is 5.76. The van der Waals surface area contributed by atoms with Gasteiger partial charge in [-0.25, -0.2) is 0 Å². The molecule has 0 N–H and O–H groups in total. The van der Waals surface area contributed by atoms with E-state index in [-0.39, 0.29) is 12.4 Å². The molecule has 0 saturated carbocycles. The van der Waals surface area contributed by atoms with Crippen LogP contribution in [0.15, 0.2) is 12.2 Å². The first kappa shape index (κ1) is 10.1. The molecule has 14 heavy (non-hydrogen) atoms. The molecule has 3 unspecified atom stereocenters. The van der Waals surface area contributed by atoms with Gasteiger partial charge in [-0.1, -0.05) is 12.2 Å². The fourth-order valence-electron chi connectivity index (χ4n) is 2.06. The van der Waals surface area contributed by atoms with E-state index in [9.17, 15) is 0 Å². The highest BCUT2D eigenvalue weighted by Crippen LogP contribution is 2.28. The zero-order valence-corrected chi connectivity index (χ0v) is 8.65. The van der Waals surface area contributed by atoms with Crippen LogP contribution in [0.4, 0.5) is 0 Å². The SMILES string of the molecule is COCC1COC(C2CC=CCC2)O1. The van der Waals surface area contributed by atoms with Crippen molar-refractivity contribution in [3.8, 4) is 0 Å². The molecule has 1 heterocycles. The largest absolute Gasteiger partial charge is 0.382 e. The first-order chi connectivity index (χ1) is 6.90. The molecule has 0 bridgehead atoms. The number of hydrogen-bond acceptors (Lipinski definition) is 3. The molecule has 1 aliphatic carbocycles. The van der Waals surface area contributed by atoms with Crippen LogP contribution in [-0.4, -0.2) is 32.7 Å². The molecule has 2 rings (SSSR count). The number of ether oxygens (including phenoxy) is 3. The van der Waals surface area contributed by atoms with Crippen molar-refractivity contribution in [2.24, 2.45) is 5.92 Å². The van der Waals surface area contributed by atoms with Crippen LogP contribution in [0, 0.1) is 5.92 Å². The average molecular weight is 198 g/mol. The molecule has 1 saturated heterocycles. The van der Waals surface area contributed by atoms with Crippen LogP contribution in [0.2, 0.25) is 0 Å². The van der Waals surface area contributed by atoms with Crippen molar-refractivity contribution in [2.75, 3.05) is 20.3 Å². The Balaban J connectivity index is 1.79. The lowest BCUT2D eigenvalue weighted by molar-refractivity contribution is -0.105. The molecular formula is C11H18O3. The van der Waals surface area contributed by atoms with E-state index in [0.29, 0.717) is 19.1 Å². The number of rotatable bonds is 3. The lowest BCUT2D eigenvalue weighted by Crippen LogP contribution is -2.24. The molecule has 0 aromatic carbocycles. The highest BCUT2D eigenvalue weighted by atomic mass is 16.7. The van der Waals surface area contributed by atoms with E-state index < -0.39 is 0 Å². The molecule has 0 aromatic heterocycles. The molecule has 0 spiro atoms. The third-order valence-corrected chi connectivity index (χ3v) is 2.82. The van der Waals surface area contributed by atoms with Gasteiger partial charge in [0.25, 0.3) is 0 Å². The third kappa shape index (κ3) is 2.35. The number of allylic oxidation sites excluding steroid dienone is 2. The van der Waals surface area contributed by atoms with Crippen molar-refractivity contribution in [1.82, 2.24) is 0 Å². The van der Waals surface area contributed by atoms with Gasteiger partial charge in [-0.2, -0.15) is 0 Å². The summed E-state index contributed by atoms with van der Waals surface area (Å²) in [5, 5.41) is 0. The minimum Gasteiger partial charge on any atom is -0.382 e. The van der Waals surface area contributed by atoms with E-state index in [1.165, 1.54) is 6.42 Å². The highest BCUT2D eigenvalue weighted by molar-refractivity contribution is 4.91. The second-order valence-electron chi connectivity index (χ2n) is 3.96. The standard InChI is InChI=1S/C11H18O3/c1-12-7-10-8-13-11(14-10)9-5-3-2-4-6-9/h2-3,9-11H,4-8H2,1H3. The van der Waals surface area contributed by atoms with E-state index in [2.05, 4.69) is 12.2 Å². The van der Waals surface area contributed by atoms with Gasteiger partial charge in [0.05, 0.1) is 13.2 Å². The molecule has 3 atom stereocenters. The van der Waals surface area contributed by atoms with Crippen molar-refractivity contribution in [3.63, 3.8) is 0 Å². The van der Waals surface area contributed by atoms with Crippen molar-refractivity contribution in [1.29, 1.82) is 0 Å². The normalized spacial score (nSPS) is 37.6. The van der Waals surface area contributed by atoms with Crippen LogP contribution in [-0.2, 0) is 14.2 Å². The summed E-state index contributed by atoms with van der Waals surface area (Å²) in [6, 6.07) is 0. The monoisotopic (exact) mass is 198 g/mol. The van der Waals surface area contributed by atoms with Gasteiger partial charge in [0.15, 0.2) is 6.29 Å². The van der Waals surface area contributed by atoms with Crippen LogP contribution in [0.3, 0.4) is 0 Å². The Morgan fingerprint density at radius 1 is 1.43 bits per heavy atom. The van der Waals surface area contributed by atoms with E-state index in [1.807, 2.05) is 0 Å². The van der Waals surface area contributed by atoms with Crippen molar-refractivity contribution < 1.29 is 14.2 Å².